The second-order valence-corrected chi connectivity index (χ2v) is 3.97. The van der Waals surface area contributed by atoms with Crippen LogP contribution < -0.4 is 5.32 Å². The molecule has 1 rings (SSSR count). The summed E-state index contributed by atoms with van der Waals surface area (Å²) in [4.78, 5) is 0. The topological polar surface area (TPSA) is 21.3 Å². The van der Waals surface area contributed by atoms with Gasteiger partial charge in [-0.1, -0.05) is 23.7 Å². The summed E-state index contributed by atoms with van der Waals surface area (Å²) in [6, 6.07) is 4.69. The van der Waals surface area contributed by atoms with Crippen molar-refractivity contribution in [3.05, 3.63) is 47.3 Å². The summed E-state index contributed by atoms with van der Waals surface area (Å²) in [6.07, 6.45) is 2.66. The number of ether oxygens (including phenoxy) is 1. The Kier molecular flexibility index (Phi) is 6.86. The maximum absolute atomic E-state index is 13.4. The zero-order valence-electron chi connectivity index (χ0n) is 9.72. The average molecular weight is 258 g/mol. The molecule has 0 atom stereocenters. The molecule has 0 unspecified atom stereocenters. The highest BCUT2D eigenvalue weighted by atomic mass is 35.5. The lowest BCUT2D eigenvalue weighted by Crippen LogP contribution is -2.20. The highest BCUT2D eigenvalue weighted by Crippen LogP contribution is 2.18. The molecule has 0 radical (unpaired) electrons. The van der Waals surface area contributed by atoms with Crippen molar-refractivity contribution in [1.29, 1.82) is 0 Å². The molecule has 94 valence electrons. The summed E-state index contributed by atoms with van der Waals surface area (Å²) >= 11 is 5.89. The van der Waals surface area contributed by atoms with Crippen molar-refractivity contribution in [1.82, 2.24) is 5.32 Å². The van der Waals surface area contributed by atoms with Gasteiger partial charge in [0.2, 0.25) is 0 Å². The van der Waals surface area contributed by atoms with Crippen molar-refractivity contribution in [3.8, 4) is 0 Å². The largest absolute Gasteiger partial charge is 0.380 e. The minimum Gasteiger partial charge on any atom is -0.380 e. The van der Waals surface area contributed by atoms with Crippen LogP contribution in [0.25, 0.3) is 0 Å². The van der Waals surface area contributed by atoms with Gasteiger partial charge < -0.3 is 10.1 Å². The van der Waals surface area contributed by atoms with Crippen LogP contribution in [0, 0.1) is 5.82 Å². The summed E-state index contributed by atoms with van der Waals surface area (Å²) < 4.78 is 18.7. The summed E-state index contributed by atoms with van der Waals surface area (Å²) in [5.41, 5.74) is 0.500. The maximum Gasteiger partial charge on any atom is 0.129 e. The second kappa shape index (κ2) is 8.23. The van der Waals surface area contributed by atoms with Gasteiger partial charge in [-0.25, -0.2) is 4.39 Å². The first kappa shape index (κ1) is 14.2. The number of hydrogen-bond donors (Lipinski definition) is 1. The van der Waals surface area contributed by atoms with Gasteiger partial charge in [-0.3, -0.25) is 0 Å². The Morgan fingerprint density at radius 2 is 2.24 bits per heavy atom. The Balaban J connectivity index is 2.20. The van der Waals surface area contributed by atoms with E-state index in [0.717, 1.165) is 6.42 Å². The van der Waals surface area contributed by atoms with E-state index in [1.807, 2.05) is 6.08 Å². The summed E-state index contributed by atoms with van der Waals surface area (Å²) in [6.45, 7) is 5.95. The Labute approximate surface area is 106 Å². The molecule has 0 aromatic heterocycles. The first-order valence-corrected chi connectivity index (χ1v) is 5.95. The van der Waals surface area contributed by atoms with Crippen LogP contribution in [0.3, 0.4) is 0 Å². The molecule has 0 spiro atoms. The SMILES string of the molecule is C=CCCOCCNCc1c(F)cccc1Cl. The highest BCUT2D eigenvalue weighted by Gasteiger charge is 2.05. The van der Waals surface area contributed by atoms with Gasteiger partial charge in [-0.15, -0.1) is 6.58 Å². The van der Waals surface area contributed by atoms with Crippen molar-refractivity contribution in [3.63, 3.8) is 0 Å². The molecular formula is C13H17ClFNO. The minimum atomic E-state index is -0.280. The molecule has 0 fully saturated rings. The van der Waals surface area contributed by atoms with Gasteiger partial charge in [0, 0.05) is 23.7 Å². The molecule has 0 bridgehead atoms. The Morgan fingerprint density at radius 3 is 2.94 bits per heavy atom. The third kappa shape index (κ3) is 5.31. The normalized spacial score (nSPS) is 10.5. The number of hydrogen-bond acceptors (Lipinski definition) is 2. The number of halogens is 2. The zero-order chi connectivity index (χ0) is 12.5. The van der Waals surface area contributed by atoms with Gasteiger partial charge in [-0.05, 0) is 18.6 Å². The molecule has 17 heavy (non-hydrogen) atoms. The molecular weight excluding hydrogens is 241 g/mol. The number of nitrogens with one attached hydrogen (secondary N) is 1. The van der Waals surface area contributed by atoms with Crippen molar-refractivity contribution in [2.24, 2.45) is 0 Å². The third-order valence-corrected chi connectivity index (χ3v) is 2.61. The quantitative estimate of drug-likeness (QED) is 0.571. The van der Waals surface area contributed by atoms with Crippen molar-refractivity contribution < 1.29 is 9.13 Å². The lowest BCUT2D eigenvalue weighted by atomic mass is 10.2. The predicted octanol–water partition coefficient (Wildman–Crippen LogP) is 3.16. The molecule has 2 nitrogen and oxygen atoms in total. The smallest absolute Gasteiger partial charge is 0.129 e. The Morgan fingerprint density at radius 1 is 1.41 bits per heavy atom. The minimum absolute atomic E-state index is 0.280. The third-order valence-electron chi connectivity index (χ3n) is 2.25. The van der Waals surface area contributed by atoms with Crippen molar-refractivity contribution >= 4 is 11.6 Å². The molecule has 1 N–H and O–H groups in total. The van der Waals surface area contributed by atoms with Crippen LogP contribution >= 0.6 is 11.6 Å². The Bertz CT molecular complexity index is 337. The van der Waals surface area contributed by atoms with Crippen LogP contribution in [-0.2, 0) is 11.3 Å². The van der Waals surface area contributed by atoms with Crippen LogP contribution in [-0.4, -0.2) is 19.8 Å². The monoisotopic (exact) mass is 257 g/mol. The second-order valence-electron chi connectivity index (χ2n) is 3.57. The summed E-state index contributed by atoms with van der Waals surface area (Å²) in [7, 11) is 0. The van der Waals surface area contributed by atoms with E-state index in [2.05, 4.69) is 11.9 Å². The van der Waals surface area contributed by atoms with E-state index in [4.69, 9.17) is 16.3 Å². The van der Waals surface area contributed by atoms with E-state index in [9.17, 15) is 4.39 Å². The molecule has 0 saturated carbocycles. The number of benzene rings is 1. The van der Waals surface area contributed by atoms with Gasteiger partial charge in [0.1, 0.15) is 5.82 Å². The average Bonchev–Trinajstić information content (AvgIpc) is 2.31. The fraction of sp³-hybridized carbons (Fsp3) is 0.385. The summed E-state index contributed by atoms with van der Waals surface area (Å²) in [5, 5.41) is 3.53. The van der Waals surface area contributed by atoms with E-state index in [-0.39, 0.29) is 5.82 Å². The van der Waals surface area contributed by atoms with E-state index < -0.39 is 0 Å². The van der Waals surface area contributed by atoms with Crippen LogP contribution in [0.15, 0.2) is 30.9 Å². The zero-order valence-corrected chi connectivity index (χ0v) is 10.5. The lowest BCUT2D eigenvalue weighted by Gasteiger charge is -2.08. The molecule has 0 aliphatic rings. The number of rotatable bonds is 8. The van der Waals surface area contributed by atoms with Crippen molar-refractivity contribution in [2.45, 2.75) is 13.0 Å². The van der Waals surface area contributed by atoms with Crippen LogP contribution in [0.5, 0.6) is 0 Å². The maximum atomic E-state index is 13.4. The Hall–Kier alpha value is -0.900. The lowest BCUT2D eigenvalue weighted by molar-refractivity contribution is 0.140. The molecule has 0 saturated heterocycles. The van der Waals surface area contributed by atoms with E-state index in [1.165, 1.54) is 6.07 Å². The summed E-state index contributed by atoms with van der Waals surface area (Å²) in [5.74, 6) is -0.280. The first-order valence-electron chi connectivity index (χ1n) is 5.58. The molecule has 0 heterocycles. The van der Waals surface area contributed by atoms with Gasteiger partial charge >= 0.3 is 0 Å². The van der Waals surface area contributed by atoms with Crippen LogP contribution in [0.2, 0.25) is 5.02 Å². The standard InChI is InChI=1S/C13H17ClFNO/c1-2-3-8-17-9-7-16-10-11-12(14)5-4-6-13(11)15/h2,4-6,16H,1,3,7-10H2. The molecule has 1 aromatic carbocycles. The fourth-order valence-corrected chi connectivity index (χ4v) is 1.56. The fourth-order valence-electron chi connectivity index (χ4n) is 1.33. The van der Waals surface area contributed by atoms with Gasteiger partial charge in [0.05, 0.1) is 13.2 Å². The molecule has 0 aliphatic carbocycles. The van der Waals surface area contributed by atoms with E-state index in [1.54, 1.807) is 12.1 Å². The molecule has 4 heteroatoms. The molecule has 0 aliphatic heterocycles. The van der Waals surface area contributed by atoms with Crippen LogP contribution in [0.1, 0.15) is 12.0 Å². The highest BCUT2D eigenvalue weighted by molar-refractivity contribution is 6.31. The molecule has 0 amide bonds. The van der Waals surface area contributed by atoms with E-state index in [0.29, 0.717) is 36.9 Å². The first-order chi connectivity index (χ1) is 8.25. The van der Waals surface area contributed by atoms with E-state index >= 15 is 0 Å². The van der Waals surface area contributed by atoms with Crippen molar-refractivity contribution in [2.75, 3.05) is 19.8 Å². The molecule has 1 aromatic rings. The van der Waals surface area contributed by atoms with Gasteiger partial charge in [0.25, 0.3) is 0 Å². The predicted molar refractivity (Wildman–Crippen MR) is 68.7 cm³/mol. The van der Waals surface area contributed by atoms with Gasteiger partial charge in [-0.2, -0.15) is 0 Å². The van der Waals surface area contributed by atoms with Crippen LogP contribution in [0.4, 0.5) is 4.39 Å². The van der Waals surface area contributed by atoms with Gasteiger partial charge in [0.15, 0.2) is 0 Å².